The highest BCUT2D eigenvalue weighted by Crippen LogP contribution is 2.33. The van der Waals surface area contributed by atoms with Crippen LogP contribution in [0.15, 0.2) is 53.4 Å². The number of aromatic nitrogens is 1. The summed E-state index contributed by atoms with van der Waals surface area (Å²) in [4.78, 5) is 15.4. The fourth-order valence-electron chi connectivity index (χ4n) is 5.03. The molecule has 1 fully saturated rings. The Labute approximate surface area is 211 Å². The zero-order valence-electron chi connectivity index (χ0n) is 20.5. The van der Waals surface area contributed by atoms with Gasteiger partial charge in [-0.15, -0.1) is 0 Å². The van der Waals surface area contributed by atoms with Gasteiger partial charge in [-0.3, -0.25) is 9.69 Å². The Bertz CT molecular complexity index is 1330. The molecule has 36 heavy (non-hydrogen) atoms. The van der Waals surface area contributed by atoms with Gasteiger partial charge >= 0.3 is 0 Å². The van der Waals surface area contributed by atoms with Crippen molar-refractivity contribution in [3.8, 4) is 5.75 Å². The first kappa shape index (κ1) is 24.8. The second kappa shape index (κ2) is 10.6. The van der Waals surface area contributed by atoms with E-state index < -0.39 is 10.0 Å². The molecule has 2 aliphatic heterocycles. The second-order valence-corrected chi connectivity index (χ2v) is 11.0. The van der Waals surface area contributed by atoms with Crippen LogP contribution < -0.4 is 10.1 Å². The highest BCUT2D eigenvalue weighted by Gasteiger charge is 2.32. The molecule has 0 radical (unpaired) electrons. The maximum atomic E-state index is 13.4. The predicted octanol–water partition coefficient (Wildman–Crippen LogP) is 1.85. The number of methoxy groups -OCH3 is 1. The van der Waals surface area contributed by atoms with E-state index in [1.54, 1.807) is 31.4 Å². The number of morpholine rings is 1. The third-order valence-corrected chi connectivity index (χ3v) is 8.84. The van der Waals surface area contributed by atoms with Crippen LogP contribution in [-0.2, 0) is 39.1 Å². The van der Waals surface area contributed by atoms with E-state index in [1.165, 1.54) is 4.31 Å². The Kier molecular flexibility index (Phi) is 7.29. The standard InChI is InChI=1S/C26H32N4O5S/c1-34-20-6-8-21(9-7-20)36(32,33)29-12-10-23-22-4-2-3-5-24(22)30(25(23)18-29)19-26(31)27-11-13-28-14-16-35-17-15-28/h2-9H,10-19H2,1H3,(H,27,31). The number of hydrogen-bond acceptors (Lipinski definition) is 6. The Morgan fingerprint density at radius 1 is 1.06 bits per heavy atom. The molecule has 0 unspecified atom stereocenters. The summed E-state index contributed by atoms with van der Waals surface area (Å²) in [6.45, 7) is 5.33. The van der Waals surface area contributed by atoms with Crippen LogP contribution >= 0.6 is 0 Å². The topological polar surface area (TPSA) is 93.1 Å². The number of fused-ring (bicyclic) bond motifs is 3. The predicted molar refractivity (Wildman–Crippen MR) is 137 cm³/mol. The molecule has 0 aliphatic carbocycles. The molecule has 192 valence electrons. The summed E-state index contributed by atoms with van der Waals surface area (Å²) in [7, 11) is -2.14. The van der Waals surface area contributed by atoms with Crippen molar-refractivity contribution in [3.63, 3.8) is 0 Å². The highest BCUT2D eigenvalue weighted by atomic mass is 32.2. The van der Waals surface area contributed by atoms with Crippen molar-refractivity contribution in [3.05, 3.63) is 59.8 Å². The van der Waals surface area contributed by atoms with Gasteiger partial charge in [-0.05, 0) is 42.3 Å². The minimum absolute atomic E-state index is 0.0815. The normalized spacial score (nSPS) is 17.1. The number of amides is 1. The third-order valence-electron chi connectivity index (χ3n) is 6.98. The summed E-state index contributed by atoms with van der Waals surface area (Å²) in [6, 6.07) is 14.4. The van der Waals surface area contributed by atoms with Gasteiger partial charge in [-0.2, -0.15) is 4.31 Å². The molecule has 2 aromatic carbocycles. The first-order valence-corrected chi connectivity index (χ1v) is 13.7. The average Bonchev–Trinajstić information content (AvgIpc) is 3.22. The average molecular weight is 513 g/mol. The molecule has 1 amide bonds. The number of carbonyl (C=O) groups excluding carboxylic acids is 1. The van der Waals surface area contributed by atoms with Crippen LogP contribution in [0, 0.1) is 0 Å². The lowest BCUT2D eigenvalue weighted by molar-refractivity contribution is -0.121. The summed E-state index contributed by atoms with van der Waals surface area (Å²) >= 11 is 0. The van der Waals surface area contributed by atoms with Crippen molar-refractivity contribution in [2.75, 3.05) is 53.0 Å². The highest BCUT2D eigenvalue weighted by molar-refractivity contribution is 7.89. The molecule has 10 heteroatoms. The first-order chi connectivity index (χ1) is 17.5. The van der Waals surface area contributed by atoms with Crippen LogP contribution in [0.5, 0.6) is 5.75 Å². The van der Waals surface area contributed by atoms with Crippen LogP contribution in [-0.4, -0.2) is 81.1 Å². The minimum atomic E-state index is -3.69. The smallest absolute Gasteiger partial charge is 0.243 e. The number of nitrogens with zero attached hydrogens (tertiary/aromatic N) is 3. The molecule has 0 bridgehead atoms. The molecule has 0 saturated carbocycles. The van der Waals surface area contributed by atoms with Gasteiger partial charge in [0.25, 0.3) is 0 Å². The van der Waals surface area contributed by atoms with Crippen molar-refractivity contribution in [1.29, 1.82) is 0 Å². The Morgan fingerprint density at radius 3 is 2.56 bits per heavy atom. The number of ether oxygens (including phenoxy) is 2. The summed E-state index contributed by atoms with van der Waals surface area (Å²) < 4.78 is 40.9. The molecule has 1 saturated heterocycles. The van der Waals surface area contributed by atoms with Crippen LogP contribution in [0.3, 0.4) is 0 Å². The molecular weight excluding hydrogens is 480 g/mol. The molecular formula is C26H32N4O5S. The lowest BCUT2D eigenvalue weighted by atomic mass is 10.0. The van der Waals surface area contributed by atoms with Gasteiger partial charge in [0.2, 0.25) is 15.9 Å². The Morgan fingerprint density at radius 2 is 1.81 bits per heavy atom. The van der Waals surface area contributed by atoms with Crippen molar-refractivity contribution in [2.45, 2.75) is 24.4 Å². The van der Waals surface area contributed by atoms with Crippen molar-refractivity contribution in [2.24, 2.45) is 0 Å². The molecule has 9 nitrogen and oxygen atoms in total. The number of benzene rings is 2. The van der Waals surface area contributed by atoms with Crippen LogP contribution in [0.4, 0.5) is 0 Å². The lowest BCUT2D eigenvalue weighted by Crippen LogP contribution is -2.42. The van der Waals surface area contributed by atoms with Crippen molar-refractivity contribution >= 4 is 26.8 Å². The van der Waals surface area contributed by atoms with Gasteiger partial charge in [0.15, 0.2) is 0 Å². The monoisotopic (exact) mass is 512 g/mol. The van der Waals surface area contributed by atoms with Crippen LogP contribution in [0.25, 0.3) is 10.9 Å². The number of hydrogen-bond donors (Lipinski definition) is 1. The van der Waals surface area contributed by atoms with E-state index >= 15 is 0 Å². The minimum Gasteiger partial charge on any atom is -0.497 e. The summed E-state index contributed by atoms with van der Waals surface area (Å²) in [5.74, 6) is 0.525. The fraction of sp³-hybridized carbons (Fsp3) is 0.423. The lowest BCUT2D eigenvalue weighted by Gasteiger charge is -2.28. The van der Waals surface area contributed by atoms with Gasteiger partial charge in [-0.25, -0.2) is 8.42 Å². The molecule has 5 rings (SSSR count). The van der Waals surface area contributed by atoms with Gasteiger partial charge in [0, 0.05) is 49.3 Å². The first-order valence-electron chi connectivity index (χ1n) is 12.3. The molecule has 1 N–H and O–H groups in total. The van der Waals surface area contributed by atoms with Gasteiger partial charge < -0.3 is 19.4 Å². The maximum absolute atomic E-state index is 13.4. The number of rotatable bonds is 8. The summed E-state index contributed by atoms with van der Waals surface area (Å²) in [6.07, 6.45) is 0.594. The largest absolute Gasteiger partial charge is 0.497 e. The summed E-state index contributed by atoms with van der Waals surface area (Å²) in [5, 5.41) is 4.11. The molecule has 3 heterocycles. The van der Waals surface area contributed by atoms with E-state index in [4.69, 9.17) is 9.47 Å². The van der Waals surface area contributed by atoms with E-state index in [2.05, 4.69) is 16.3 Å². The van der Waals surface area contributed by atoms with Gasteiger partial charge in [0.1, 0.15) is 12.3 Å². The van der Waals surface area contributed by atoms with Crippen molar-refractivity contribution < 1.29 is 22.7 Å². The van der Waals surface area contributed by atoms with E-state index in [1.807, 2.05) is 22.8 Å². The Hall–Kier alpha value is -2.92. The Balaban J connectivity index is 1.35. The van der Waals surface area contributed by atoms with Gasteiger partial charge in [0.05, 0.1) is 31.8 Å². The van der Waals surface area contributed by atoms with Crippen LogP contribution in [0.2, 0.25) is 0 Å². The number of carbonyl (C=O) groups is 1. The third kappa shape index (κ3) is 4.99. The molecule has 2 aliphatic rings. The molecule has 3 aromatic rings. The SMILES string of the molecule is COc1ccc(S(=O)(=O)N2CCc3c(n(CC(=O)NCCN4CCOCC4)c4ccccc34)C2)cc1. The zero-order chi connectivity index (χ0) is 25.1. The van der Waals surface area contributed by atoms with E-state index in [0.29, 0.717) is 25.3 Å². The molecule has 0 atom stereocenters. The number of nitrogens with one attached hydrogen (secondary N) is 1. The van der Waals surface area contributed by atoms with Crippen molar-refractivity contribution in [1.82, 2.24) is 19.1 Å². The molecule has 0 spiro atoms. The summed E-state index contributed by atoms with van der Waals surface area (Å²) in [5.41, 5.74) is 2.95. The zero-order valence-corrected chi connectivity index (χ0v) is 21.3. The van der Waals surface area contributed by atoms with E-state index in [0.717, 1.165) is 55.0 Å². The van der Waals surface area contributed by atoms with E-state index in [-0.39, 0.29) is 23.9 Å². The van der Waals surface area contributed by atoms with Crippen LogP contribution in [0.1, 0.15) is 11.3 Å². The number of sulfonamides is 1. The quantitative estimate of drug-likeness (QED) is 0.495. The molecule has 1 aromatic heterocycles. The fourth-order valence-corrected chi connectivity index (χ4v) is 6.43. The maximum Gasteiger partial charge on any atom is 0.243 e. The number of para-hydroxylation sites is 1. The second-order valence-electron chi connectivity index (χ2n) is 9.10. The van der Waals surface area contributed by atoms with Gasteiger partial charge in [-0.1, -0.05) is 18.2 Å². The van der Waals surface area contributed by atoms with E-state index in [9.17, 15) is 13.2 Å².